The van der Waals surface area contributed by atoms with Gasteiger partial charge in [-0.15, -0.1) is 0 Å². The van der Waals surface area contributed by atoms with Gasteiger partial charge in [0.25, 0.3) is 0 Å². The highest BCUT2D eigenvalue weighted by molar-refractivity contribution is 6.32. The third-order valence-corrected chi connectivity index (χ3v) is 4.52. The van der Waals surface area contributed by atoms with Crippen LogP contribution in [0.2, 0.25) is 5.02 Å². The van der Waals surface area contributed by atoms with Gasteiger partial charge in [-0.25, -0.2) is 0 Å². The van der Waals surface area contributed by atoms with E-state index in [4.69, 9.17) is 17.3 Å². The number of halogens is 1. The Bertz CT molecular complexity index is 778. The lowest BCUT2D eigenvalue weighted by Gasteiger charge is -2.05. The number of rotatable bonds is 5. The van der Waals surface area contributed by atoms with Gasteiger partial charge in [-0.2, -0.15) is 0 Å². The molecule has 4 heteroatoms. The summed E-state index contributed by atoms with van der Waals surface area (Å²) < 4.78 is 0. The van der Waals surface area contributed by atoms with Gasteiger partial charge in [-0.05, 0) is 62.1 Å². The number of hydrogen-bond donors (Lipinski definition) is 2. The maximum absolute atomic E-state index is 6.27. The van der Waals surface area contributed by atoms with E-state index in [-0.39, 0.29) is 0 Å². The number of nitrogens with zero attached hydrogens (tertiary/aromatic N) is 1. The summed E-state index contributed by atoms with van der Waals surface area (Å²) in [7, 11) is 0. The van der Waals surface area contributed by atoms with Gasteiger partial charge in [0.1, 0.15) is 0 Å². The van der Waals surface area contributed by atoms with E-state index >= 15 is 0 Å². The van der Waals surface area contributed by atoms with Gasteiger partial charge in [0.05, 0.1) is 11.2 Å². The number of nitrogens with one attached hydrogen (secondary N) is 1. The van der Waals surface area contributed by atoms with Gasteiger partial charge in [0, 0.05) is 28.4 Å². The van der Waals surface area contributed by atoms with Crippen LogP contribution in [-0.4, -0.2) is 16.5 Å². The Morgan fingerprint density at radius 3 is 2.82 bits per heavy atom. The molecule has 114 valence electrons. The molecule has 0 fully saturated rings. The fraction of sp³-hybridized carbons (Fsp3) is 0.278. The summed E-state index contributed by atoms with van der Waals surface area (Å²) >= 11 is 6.27. The number of H-pyrrole nitrogens is 1. The van der Waals surface area contributed by atoms with Crippen LogP contribution in [0.5, 0.6) is 0 Å². The molecule has 22 heavy (non-hydrogen) atoms. The van der Waals surface area contributed by atoms with Crippen LogP contribution in [0.25, 0.3) is 22.2 Å². The Morgan fingerprint density at radius 2 is 2.09 bits per heavy atom. The first-order valence-corrected chi connectivity index (χ1v) is 8.00. The van der Waals surface area contributed by atoms with Gasteiger partial charge in [0.2, 0.25) is 0 Å². The average molecular weight is 314 g/mol. The number of hydrogen-bond acceptors (Lipinski definition) is 2. The van der Waals surface area contributed by atoms with E-state index in [2.05, 4.69) is 29.0 Å². The molecular weight excluding hydrogens is 294 g/mol. The average Bonchev–Trinajstić information content (AvgIpc) is 2.92. The predicted molar refractivity (Wildman–Crippen MR) is 93.3 cm³/mol. The van der Waals surface area contributed by atoms with Crippen LogP contribution in [0.3, 0.4) is 0 Å². The van der Waals surface area contributed by atoms with Crippen LogP contribution < -0.4 is 5.73 Å². The highest BCUT2D eigenvalue weighted by atomic mass is 35.5. The molecule has 0 amide bonds. The molecule has 0 aliphatic heterocycles. The van der Waals surface area contributed by atoms with Crippen LogP contribution >= 0.6 is 11.6 Å². The second kappa shape index (κ2) is 6.51. The maximum atomic E-state index is 6.27. The normalized spacial score (nSPS) is 11.2. The summed E-state index contributed by atoms with van der Waals surface area (Å²) in [6.07, 6.45) is 6.81. The van der Waals surface area contributed by atoms with Crippen LogP contribution in [0.1, 0.15) is 24.0 Å². The smallest absolute Gasteiger partial charge is 0.0513 e. The molecule has 0 spiro atoms. The summed E-state index contributed by atoms with van der Waals surface area (Å²) in [5.74, 6) is 0. The molecule has 3 rings (SSSR count). The van der Waals surface area contributed by atoms with Crippen molar-refractivity contribution in [3.05, 3.63) is 52.8 Å². The second-order valence-electron chi connectivity index (χ2n) is 5.56. The largest absolute Gasteiger partial charge is 0.354 e. The first-order chi connectivity index (χ1) is 10.7. The number of aromatic amines is 1. The van der Waals surface area contributed by atoms with Crippen molar-refractivity contribution in [2.75, 3.05) is 6.54 Å². The van der Waals surface area contributed by atoms with E-state index in [0.717, 1.165) is 53.2 Å². The minimum Gasteiger partial charge on any atom is -0.354 e. The third kappa shape index (κ3) is 2.74. The monoisotopic (exact) mass is 313 g/mol. The Morgan fingerprint density at radius 1 is 1.23 bits per heavy atom. The summed E-state index contributed by atoms with van der Waals surface area (Å²) in [4.78, 5) is 7.80. The van der Waals surface area contributed by atoms with E-state index in [1.165, 1.54) is 10.9 Å². The van der Waals surface area contributed by atoms with E-state index < -0.39 is 0 Å². The molecule has 0 saturated carbocycles. The number of aromatic nitrogens is 2. The standard InChI is InChI=1S/C18H20ClN3/c1-12-16(19)8-7-15-14(6-2-3-9-20)18(22-17(12)15)13-5-4-10-21-11-13/h4-5,7-8,10-11,22H,2-3,6,9,20H2,1H3. The van der Waals surface area contributed by atoms with Crippen molar-refractivity contribution in [1.29, 1.82) is 0 Å². The van der Waals surface area contributed by atoms with E-state index in [1.54, 1.807) is 6.20 Å². The van der Waals surface area contributed by atoms with Crippen molar-refractivity contribution in [2.24, 2.45) is 5.73 Å². The lowest BCUT2D eigenvalue weighted by Crippen LogP contribution is -1.99. The number of aryl methyl sites for hydroxylation is 2. The number of unbranched alkanes of at least 4 members (excludes halogenated alkanes) is 1. The molecular formula is C18H20ClN3. The lowest BCUT2D eigenvalue weighted by atomic mass is 10.0. The first-order valence-electron chi connectivity index (χ1n) is 7.62. The van der Waals surface area contributed by atoms with Gasteiger partial charge in [-0.1, -0.05) is 17.7 Å². The molecule has 2 heterocycles. The number of pyridine rings is 1. The number of nitrogens with two attached hydrogens (primary N) is 1. The molecule has 0 bridgehead atoms. The van der Waals surface area contributed by atoms with Gasteiger partial charge < -0.3 is 10.7 Å². The van der Waals surface area contributed by atoms with Crippen molar-refractivity contribution >= 4 is 22.5 Å². The van der Waals surface area contributed by atoms with Gasteiger partial charge in [0.15, 0.2) is 0 Å². The summed E-state index contributed by atoms with van der Waals surface area (Å²) in [5.41, 5.74) is 11.4. The van der Waals surface area contributed by atoms with E-state index in [0.29, 0.717) is 0 Å². The Balaban J connectivity index is 2.16. The topological polar surface area (TPSA) is 54.7 Å². The Labute approximate surface area is 135 Å². The van der Waals surface area contributed by atoms with Gasteiger partial charge in [-0.3, -0.25) is 4.98 Å². The molecule has 0 unspecified atom stereocenters. The minimum atomic E-state index is 0.732. The van der Waals surface area contributed by atoms with Crippen LogP contribution in [0.4, 0.5) is 0 Å². The van der Waals surface area contributed by atoms with Crippen LogP contribution in [-0.2, 0) is 6.42 Å². The molecule has 0 aliphatic rings. The number of benzene rings is 1. The minimum absolute atomic E-state index is 0.732. The highest BCUT2D eigenvalue weighted by Gasteiger charge is 2.15. The van der Waals surface area contributed by atoms with Crippen molar-refractivity contribution in [1.82, 2.24) is 9.97 Å². The summed E-state index contributed by atoms with van der Waals surface area (Å²) in [6.45, 7) is 2.79. The van der Waals surface area contributed by atoms with Crippen molar-refractivity contribution in [3.8, 4) is 11.3 Å². The summed E-state index contributed by atoms with van der Waals surface area (Å²) in [6, 6.07) is 8.14. The second-order valence-corrected chi connectivity index (χ2v) is 5.97. The van der Waals surface area contributed by atoms with Crippen molar-refractivity contribution in [2.45, 2.75) is 26.2 Å². The quantitative estimate of drug-likeness (QED) is 0.683. The first kappa shape index (κ1) is 15.1. The molecule has 1 aromatic carbocycles. The molecule has 0 atom stereocenters. The Kier molecular flexibility index (Phi) is 4.46. The van der Waals surface area contributed by atoms with Gasteiger partial charge >= 0.3 is 0 Å². The fourth-order valence-electron chi connectivity index (χ4n) is 2.90. The molecule has 0 saturated heterocycles. The summed E-state index contributed by atoms with van der Waals surface area (Å²) in [5, 5.41) is 2.04. The van der Waals surface area contributed by atoms with E-state index in [1.807, 2.05) is 18.3 Å². The highest BCUT2D eigenvalue weighted by Crippen LogP contribution is 2.34. The SMILES string of the molecule is Cc1c(Cl)ccc2c(CCCCN)c(-c3cccnc3)[nH]c12. The zero-order valence-corrected chi connectivity index (χ0v) is 13.5. The number of fused-ring (bicyclic) bond motifs is 1. The molecule has 0 radical (unpaired) electrons. The molecule has 2 aromatic heterocycles. The van der Waals surface area contributed by atoms with Crippen LogP contribution in [0.15, 0.2) is 36.7 Å². The zero-order valence-electron chi connectivity index (χ0n) is 12.7. The molecule has 3 N–H and O–H groups in total. The zero-order chi connectivity index (χ0) is 15.5. The van der Waals surface area contributed by atoms with Crippen molar-refractivity contribution in [3.63, 3.8) is 0 Å². The van der Waals surface area contributed by atoms with E-state index in [9.17, 15) is 0 Å². The molecule has 0 aliphatic carbocycles. The molecule has 3 nitrogen and oxygen atoms in total. The predicted octanol–water partition coefficient (Wildman–Crippen LogP) is 4.47. The maximum Gasteiger partial charge on any atom is 0.0513 e. The third-order valence-electron chi connectivity index (χ3n) is 4.11. The fourth-order valence-corrected chi connectivity index (χ4v) is 3.05. The lowest BCUT2D eigenvalue weighted by molar-refractivity contribution is 0.748. The van der Waals surface area contributed by atoms with Crippen molar-refractivity contribution < 1.29 is 0 Å². The molecule has 3 aromatic rings. The van der Waals surface area contributed by atoms with Crippen LogP contribution in [0, 0.1) is 6.92 Å². The Hall–Kier alpha value is -1.84.